The minimum absolute atomic E-state index is 0.0637. The Bertz CT molecular complexity index is 494. The molecule has 0 unspecified atom stereocenters. The molecule has 2 saturated carbocycles. The van der Waals surface area contributed by atoms with Gasteiger partial charge >= 0.3 is 5.97 Å². The number of hydrogen-bond acceptors (Lipinski definition) is 3. The molecular weight excluding hydrogens is 252 g/mol. The number of carbonyl (C=O) groups is 2. The second kappa shape index (κ2) is 4.39. The summed E-state index contributed by atoms with van der Waals surface area (Å²) in [6.45, 7) is 0. The summed E-state index contributed by atoms with van der Waals surface area (Å²) in [4.78, 5) is 23.5. The fraction of sp³-hybridized carbons (Fsp3) is 0.429. The molecule has 0 aliphatic heterocycles. The number of carbonyl (C=O) groups excluding carboxylic acids is 2. The highest BCUT2D eigenvalue weighted by atomic mass is 35.5. The maximum absolute atomic E-state index is 11.9. The highest BCUT2D eigenvalue weighted by molar-refractivity contribution is 6.30. The van der Waals surface area contributed by atoms with Crippen LogP contribution in [0.3, 0.4) is 0 Å². The number of esters is 1. The first kappa shape index (κ1) is 11.7. The Morgan fingerprint density at radius 2 is 1.94 bits per heavy atom. The van der Waals surface area contributed by atoms with Crippen molar-refractivity contribution in [1.29, 1.82) is 0 Å². The van der Waals surface area contributed by atoms with Crippen molar-refractivity contribution in [1.82, 2.24) is 0 Å². The minimum Gasteiger partial charge on any atom is -0.458 e. The maximum atomic E-state index is 11.9. The minimum atomic E-state index is -0.364. The van der Waals surface area contributed by atoms with E-state index in [1.54, 1.807) is 24.3 Å². The summed E-state index contributed by atoms with van der Waals surface area (Å²) in [7, 11) is 0. The summed E-state index contributed by atoms with van der Waals surface area (Å²) in [5.74, 6) is 0.244. The van der Waals surface area contributed by atoms with E-state index in [1.165, 1.54) is 0 Å². The smallest absolute Gasteiger partial charge is 0.338 e. The summed E-state index contributed by atoms with van der Waals surface area (Å²) in [5.41, 5.74) is 0.481. The molecule has 2 bridgehead atoms. The van der Waals surface area contributed by atoms with Crippen LogP contribution in [0, 0.1) is 11.8 Å². The van der Waals surface area contributed by atoms with Gasteiger partial charge in [0.25, 0.3) is 0 Å². The van der Waals surface area contributed by atoms with Crippen LogP contribution in [0.4, 0.5) is 0 Å². The third kappa shape index (κ3) is 2.03. The van der Waals surface area contributed by atoms with Crippen LogP contribution in [-0.2, 0) is 9.53 Å². The van der Waals surface area contributed by atoms with Crippen LogP contribution in [0.15, 0.2) is 24.3 Å². The zero-order valence-electron chi connectivity index (χ0n) is 9.77. The molecule has 0 saturated heterocycles. The van der Waals surface area contributed by atoms with Gasteiger partial charge in [0.05, 0.1) is 11.5 Å². The van der Waals surface area contributed by atoms with Gasteiger partial charge in [0, 0.05) is 11.4 Å². The third-order valence-electron chi connectivity index (χ3n) is 3.84. The molecule has 1 aromatic carbocycles. The predicted molar refractivity (Wildman–Crippen MR) is 66.5 cm³/mol. The molecule has 2 aliphatic carbocycles. The molecule has 1 aromatic rings. The number of ether oxygens (including phenoxy) is 1. The topological polar surface area (TPSA) is 43.4 Å². The van der Waals surface area contributed by atoms with Crippen LogP contribution in [0.25, 0.3) is 0 Å². The molecule has 0 heterocycles. The van der Waals surface area contributed by atoms with Crippen molar-refractivity contribution in [3.63, 3.8) is 0 Å². The largest absolute Gasteiger partial charge is 0.458 e. The number of hydrogen-bond donors (Lipinski definition) is 0. The van der Waals surface area contributed by atoms with Crippen molar-refractivity contribution >= 4 is 23.4 Å². The molecule has 0 amide bonds. The van der Waals surface area contributed by atoms with Crippen LogP contribution in [-0.4, -0.2) is 17.9 Å². The fourth-order valence-electron chi connectivity index (χ4n) is 2.96. The van der Waals surface area contributed by atoms with Crippen LogP contribution < -0.4 is 0 Å². The van der Waals surface area contributed by atoms with E-state index in [0.717, 1.165) is 12.8 Å². The fourth-order valence-corrected chi connectivity index (χ4v) is 3.09. The Labute approximate surface area is 110 Å². The Morgan fingerprint density at radius 1 is 1.22 bits per heavy atom. The molecule has 2 fully saturated rings. The van der Waals surface area contributed by atoms with Gasteiger partial charge in [-0.2, -0.15) is 0 Å². The van der Waals surface area contributed by atoms with Crippen molar-refractivity contribution in [2.75, 3.05) is 0 Å². The highest BCUT2D eigenvalue weighted by Gasteiger charge is 2.47. The lowest BCUT2D eigenvalue weighted by Crippen LogP contribution is -2.29. The van der Waals surface area contributed by atoms with Crippen molar-refractivity contribution < 1.29 is 14.3 Å². The Balaban J connectivity index is 1.68. The lowest BCUT2D eigenvalue weighted by atomic mass is 9.96. The number of Topliss-reactive ketones (excluding diaryl/α,β-unsaturated/α-hetero) is 1. The quantitative estimate of drug-likeness (QED) is 0.772. The molecule has 0 aromatic heterocycles. The molecule has 18 heavy (non-hydrogen) atoms. The molecule has 0 spiro atoms. The normalized spacial score (nSPS) is 29.6. The van der Waals surface area contributed by atoms with Crippen LogP contribution in [0.1, 0.15) is 29.6 Å². The molecular formula is C14H13ClO3. The summed E-state index contributed by atoms with van der Waals surface area (Å²) in [5, 5.41) is 0.585. The lowest BCUT2D eigenvalue weighted by Gasteiger charge is -2.21. The second-order valence-corrected chi connectivity index (χ2v) is 5.50. The first-order valence-corrected chi connectivity index (χ1v) is 6.50. The standard InChI is InChI=1S/C14H13ClO3/c15-10-3-1-9(2-4-10)14(17)18-13-7-8-5-11(13)12(16)6-8/h1-4,8,11,13H,5-7H2/t8-,11+,13-/m1/s1. The van der Waals surface area contributed by atoms with Crippen molar-refractivity contribution in [2.24, 2.45) is 11.8 Å². The Kier molecular flexibility index (Phi) is 2.86. The summed E-state index contributed by atoms with van der Waals surface area (Å²) < 4.78 is 5.44. The first-order valence-electron chi connectivity index (χ1n) is 6.13. The van der Waals surface area contributed by atoms with E-state index in [4.69, 9.17) is 16.3 Å². The van der Waals surface area contributed by atoms with E-state index < -0.39 is 0 Å². The molecule has 3 rings (SSSR count). The zero-order valence-corrected chi connectivity index (χ0v) is 10.5. The van der Waals surface area contributed by atoms with Gasteiger partial charge in [0.15, 0.2) is 0 Å². The van der Waals surface area contributed by atoms with Gasteiger partial charge < -0.3 is 4.74 Å². The zero-order chi connectivity index (χ0) is 12.7. The van der Waals surface area contributed by atoms with Crippen LogP contribution in [0.5, 0.6) is 0 Å². The molecule has 4 heteroatoms. The number of ketones is 1. The summed E-state index contributed by atoms with van der Waals surface area (Å²) >= 11 is 5.76. The van der Waals surface area contributed by atoms with E-state index in [0.29, 0.717) is 22.9 Å². The SMILES string of the molecule is O=C(O[C@@H]1C[C@H]2CC(=O)[C@@H]1C2)c1ccc(Cl)cc1. The predicted octanol–water partition coefficient (Wildman–Crippen LogP) is 2.86. The van der Waals surface area contributed by atoms with E-state index in [9.17, 15) is 9.59 Å². The lowest BCUT2D eigenvalue weighted by molar-refractivity contribution is -0.125. The molecule has 0 radical (unpaired) electrons. The molecule has 3 nitrogen and oxygen atoms in total. The number of fused-ring (bicyclic) bond motifs is 2. The number of rotatable bonds is 2. The Hall–Kier alpha value is -1.35. The molecule has 94 valence electrons. The average Bonchev–Trinajstić information content (AvgIpc) is 2.88. The van der Waals surface area contributed by atoms with Crippen LogP contribution in [0.2, 0.25) is 5.02 Å². The van der Waals surface area contributed by atoms with Crippen LogP contribution >= 0.6 is 11.6 Å². The monoisotopic (exact) mass is 264 g/mol. The molecule has 2 aliphatic rings. The Morgan fingerprint density at radius 3 is 2.56 bits per heavy atom. The van der Waals surface area contributed by atoms with Gasteiger partial charge in [0.2, 0.25) is 0 Å². The van der Waals surface area contributed by atoms with Gasteiger partial charge in [-0.25, -0.2) is 4.79 Å². The van der Waals surface area contributed by atoms with Gasteiger partial charge in [0.1, 0.15) is 11.9 Å². The van der Waals surface area contributed by atoms with Crippen molar-refractivity contribution in [3.8, 4) is 0 Å². The van der Waals surface area contributed by atoms with E-state index in [1.807, 2.05) is 0 Å². The third-order valence-corrected chi connectivity index (χ3v) is 4.10. The van der Waals surface area contributed by atoms with E-state index in [-0.39, 0.29) is 23.8 Å². The summed E-state index contributed by atoms with van der Waals surface area (Å²) in [6, 6.07) is 6.59. The second-order valence-electron chi connectivity index (χ2n) is 5.07. The highest BCUT2D eigenvalue weighted by Crippen LogP contribution is 2.43. The van der Waals surface area contributed by atoms with Crippen molar-refractivity contribution in [2.45, 2.75) is 25.4 Å². The van der Waals surface area contributed by atoms with E-state index in [2.05, 4.69) is 0 Å². The van der Waals surface area contributed by atoms with E-state index >= 15 is 0 Å². The van der Waals surface area contributed by atoms with Gasteiger partial charge in [-0.15, -0.1) is 0 Å². The number of benzene rings is 1. The van der Waals surface area contributed by atoms with Crippen molar-refractivity contribution in [3.05, 3.63) is 34.9 Å². The maximum Gasteiger partial charge on any atom is 0.338 e. The summed E-state index contributed by atoms with van der Waals surface area (Å²) in [6.07, 6.45) is 2.16. The average molecular weight is 265 g/mol. The number of halogens is 1. The first-order chi connectivity index (χ1) is 8.63. The van der Waals surface area contributed by atoms with Gasteiger partial charge in [-0.05, 0) is 43.0 Å². The molecule has 0 N–H and O–H groups in total. The molecule has 3 atom stereocenters. The van der Waals surface area contributed by atoms with Gasteiger partial charge in [-0.3, -0.25) is 4.79 Å². The van der Waals surface area contributed by atoms with Gasteiger partial charge in [-0.1, -0.05) is 11.6 Å².